The molecule has 1 aliphatic heterocycles. The van der Waals surface area contributed by atoms with Gasteiger partial charge in [0.1, 0.15) is 5.75 Å². The van der Waals surface area contributed by atoms with Crippen LogP contribution in [0, 0.1) is 5.82 Å². The number of benzene rings is 2. The zero-order chi connectivity index (χ0) is 14.8. The van der Waals surface area contributed by atoms with Crippen LogP contribution in [-0.2, 0) is 6.42 Å². The van der Waals surface area contributed by atoms with Gasteiger partial charge in [0.25, 0.3) is 0 Å². The zero-order valence-corrected chi connectivity index (χ0v) is 12.2. The molecule has 4 heteroatoms. The summed E-state index contributed by atoms with van der Waals surface area (Å²) < 4.78 is 24.9. The fourth-order valence-electron chi connectivity index (χ4n) is 2.84. The molecule has 1 heterocycles. The number of hydrogen-bond acceptors (Lipinski definition) is 3. The number of nitrogens with one attached hydrogen (secondary N) is 1. The highest BCUT2D eigenvalue weighted by Crippen LogP contribution is 2.34. The maximum Gasteiger partial charge on any atom is 0.170 e. The van der Waals surface area contributed by atoms with Gasteiger partial charge in [-0.1, -0.05) is 18.2 Å². The Morgan fingerprint density at radius 3 is 2.71 bits per heavy atom. The van der Waals surface area contributed by atoms with E-state index >= 15 is 0 Å². The summed E-state index contributed by atoms with van der Waals surface area (Å²) in [5.74, 6) is 0.739. The lowest BCUT2D eigenvalue weighted by molar-refractivity contribution is 0.380. The molecule has 0 aromatic heterocycles. The van der Waals surface area contributed by atoms with Gasteiger partial charge in [-0.2, -0.15) is 0 Å². The predicted molar refractivity (Wildman–Crippen MR) is 79.5 cm³/mol. The Morgan fingerprint density at radius 2 is 1.95 bits per heavy atom. The van der Waals surface area contributed by atoms with Gasteiger partial charge >= 0.3 is 0 Å². The predicted octanol–water partition coefficient (Wildman–Crippen LogP) is 3.08. The van der Waals surface area contributed by atoms with Gasteiger partial charge in [-0.05, 0) is 35.7 Å². The van der Waals surface area contributed by atoms with E-state index in [1.54, 1.807) is 19.2 Å². The molecule has 2 aromatic carbocycles. The Balaban J connectivity index is 2.09. The maximum atomic E-state index is 14.5. The minimum absolute atomic E-state index is 0.182. The van der Waals surface area contributed by atoms with Crippen molar-refractivity contribution in [2.24, 2.45) is 0 Å². The Morgan fingerprint density at radius 1 is 1.10 bits per heavy atom. The summed E-state index contributed by atoms with van der Waals surface area (Å²) >= 11 is 0. The summed E-state index contributed by atoms with van der Waals surface area (Å²) in [4.78, 5) is 0. The van der Waals surface area contributed by atoms with E-state index in [1.165, 1.54) is 12.7 Å². The molecular weight excluding hydrogens is 269 g/mol. The van der Waals surface area contributed by atoms with Crippen LogP contribution in [-0.4, -0.2) is 20.8 Å². The fourth-order valence-corrected chi connectivity index (χ4v) is 2.84. The number of methoxy groups -OCH3 is 2. The molecule has 0 aliphatic carbocycles. The minimum atomic E-state index is -0.312. The molecule has 3 nitrogen and oxygen atoms in total. The highest BCUT2D eigenvalue weighted by atomic mass is 19.1. The summed E-state index contributed by atoms with van der Waals surface area (Å²) in [6.07, 6.45) is 0.932. The summed E-state index contributed by atoms with van der Waals surface area (Å²) in [5.41, 5.74) is 2.89. The molecule has 0 spiro atoms. The van der Waals surface area contributed by atoms with Crippen molar-refractivity contribution in [2.45, 2.75) is 12.5 Å². The molecule has 2 aromatic rings. The topological polar surface area (TPSA) is 30.5 Å². The van der Waals surface area contributed by atoms with Crippen LogP contribution < -0.4 is 14.8 Å². The van der Waals surface area contributed by atoms with Crippen molar-refractivity contribution < 1.29 is 13.9 Å². The van der Waals surface area contributed by atoms with E-state index in [4.69, 9.17) is 9.47 Å². The van der Waals surface area contributed by atoms with E-state index in [1.807, 2.05) is 18.2 Å². The molecule has 0 radical (unpaired) electrons. The van der Waals surface area contributed by atoms with Gasteiger partial charge in [0.05, 0.1) is 20.3 Å². The molecule has 1 aliphatic rings. The second-order valence-electron chi connectivity index (χ2n) is 5.07. The van der Waals surface area contributed by atoms with Gasteiger partial charge in [-0.3, -0.25) is 0 Å². The van der Waals surface area contributed by atoms with Crippen LogP contribution in [0.15, 0.2) is 36.4 Å². The Bertz CT molecular complexity index is 657. The van der Waals surface area contributed by atoms with Gasteiger partial charge in [-0.25, -0.2) is 4.39 Å². The highest BCUT2D eigenvalue weighted by molar-refractivity contribution is 5.46. The molecule has 0 bridgehead atoms. The molecule has 0 saturated heterocycles. The number of ether oxygens (including phenoxy) is 2. The number of fused-ring (bicyclic) bond motifs is 1. The Labute approximate surface area is 123 Å². The van der Waals surface area contributed by atoms with Crippen LogP contribution in [0.2, 0.25) is 0 Å². The monoisotopic (exact) mass is 287 g/mol. The number of rotatable bonds is 3. The van der Waals surface area contributed by atoms with Crippen LogP contribution in [0.25, 0.3) is 0 Å². The highest BCUT2D eigenvalue weighted by Gasteiger charge is 2.25. The van der Waals surface area contributed by atoms with Gasteiger partial charge in [-0.15, -0.1) is 0 Å². The third-order valence-corrected chi connectivity index (χ3v) is 3.93. The van der Waals surface area contributed by atoms with Crippen LogP contribution >= 0.6 is 0 Å². The smallest absolute Gasteiger partial charge is 0.170 e. The lowest BCUT2D eigenvalue weighted by Crippen LogP contribution is -2.31. The van der Waals surface area contributed by atoms with Gasteiger partial charge in [0, 0.05) is 12.1 Å². The number of halogens is 1. The van der Waals surface area contributed by atoms with Gasteiger partial charge in [0.2, 0.25) is 0 Å². The van der Waals surface area contributed by atoms with E-state index in [-0.39, 0.29) is 17.6 Å². The average Bonchev–Trinajstić information content (AvgIpc) is 2.54. The summed E-state index contributed by atoms with van der Waals surface area (Å²) in [6.45, 7) is 0.820. The van der Waals surface area contributed by atoms with Crippen LogP contribution in [0.3, 0.4) is 0 Å². The lowest BCUT2D eigenvalue weighted by Gasteiger charge is -2.28. The first kappa shape index (κ1) is 13.9. The normalized spacial score (nSPS) is 17.2. The van der Waals surface area contributed by atoms with Crippen molar-refractivity contribution in [3.05, 3.63) is 58.9 Å². The van der Waals surface area contributed by atoms with E-state index < -0.39 is 0 Å². The van der Waals surface area contributed by atoms with Crippen molar-refractivity contribution in [1.82, 2.24) is 5.32 Å². The van der Waals surface area contributed by atoms with Crippen molar-refractivity contribution >= 4 is 0 Å². The Hall–Kier alpha value is -2.07. The van der Waals surface area contributed by atoms with Gasteiger partial charge in [0.15, 0.2) is 11.6 Å². The van der Waals surface area contributed by atoms with E-state index in [2.05, 4.69) is 11.4 Å². The van der Waals surface area contributed by atoms with Crippen molar-refractivity contribution in [3.8, 4) is 11.5 Å². The third-order valence-electron chi connectivity index (χ3n) is 3.93. The fraction of sp³-hybridized carbons (Fsp3) is 0.294. The molecule has 21 heavy (non-hydrogen) atoms. The molecule has 0 saturated carbocycles. The molecule has 1 atom stereocenters. The lowest BCUT2D eigenvalue weighted by atomic mass is 9.89. The Kier molecular flexibility index (Phi) is 3.80. The zero-order valence-electron chi connectivity index (χ0n) is 12.2. The molecular formula is C17H18FNO2. The summed E-state index contributed by atoms with van der Waals surface area (Å²) in [5, 5.41) is 3.38. The van der Waals surface area contributed by atoms with E-state index in [0.29, 0.717) is 5.56 Å². The largest absolute Gasteiger partial charge is 0.497 e. The van der Waals surface area contributed by atoms with Crippen LogP contribution in [0.4, 0.5) is 4.39 Å². The second kappa shape index (κ2) is 5.74. The third kappa shape index (κ3) is 2.47. The van der Waals surface area contributed by atoms with Crippen molar-refractivity contribution in [1.29, 1.82) is 0 Å². The molecule has 0 amide bonds. The molecule has 1 unspecified atom stereocenters. The van der Waals surface area contributed by atoms with Crippen molar-refractivity contribution in [3.63, 3.8) is 0 Å². The first-order chi connectivity index (χ1) is 10.2. The second-order valence-corrected chi connectivity index (χ2v) is 5.07. The maximum absolute atomic E-state index is 14.5. The first-order valence-electron chi connectivity index (χ1n) is 6.97. The van der Waals surface area contributed by atoms with Crippen molar-refractivity contribution in [2.75, 3.05) is 20.8 Å². The molecule has 0 fully saturated rings. The first-order valence-corrected chi connectivity index (χ1v) is 6.97. The average molecular weight is 287 g/mol. The SMILES string of the molecule is COc1ccc2c(c1)C(c1cccc(OC)c1F)NCC2. The molecule has 110 valence electrons. The summed E-state index contributed by atoms with van der Waals surface area (Å²) in [7, 11) is 3.12. The van der Waals surface area contributed by atoms with Crippen LogP contribution in [0.5, 0.6) is 11.5 Å². The number of hydrogen-bond donors (Lipinski definition) is 1. The minimum Gasteiger partial charge on any atom is -0.497 e. The quantitative estimate of drug-likeness (QED) is 0.941. The molecule has 1 N–H and O–H groups in total. The van der Waals surface area contributed by atoms with E-state index in [0.717, 1.165) is 24.3 Å². The summed E-state index contributed by atoms with van der Waals surface area (Å²) in [6, 6.07) is 11.0. The van der Waals surface area contributed by atoms with Crippen LogP contribution in [0.1, 0.15) is 22.7 Å². The standard InChI is InChI=1S/C17H18FNO2/c1-20-12-7-6-11-8-9-19-17(14(11)10-12)13-4-3-5-15(21-2)16(13)18/h3-7,10,17,19H,8-9H2,1-2H3. The van der Waals surface area contributed by atoms with E-state index in [9.17, 15) is 4.39 Å². The molecule has 3 rings (SSSR count). The van der Waals surface area contributed by atoms with Gasteiger partial charge < -0.3 is 14.8 Å².